The number of carboxylic acids is 1. The predicted octanol–water partition coefficient (Wildman–Crippen LogP) is 4.18. The molecule has 0 bridgehead atoms. The third-order valence-corrected chi connectivity index (χ3v) is 5.69. The topological polar surface area (TPSA) is 105 Å². The van der Waals surface area contributed by atoms with E-state index in [9.17, 15) is 14.4 Å². The molecule has 0 unspecified atom stereocenters. The van der Waals surface area contributed by atoms with Gasteiger partial charge in [-0.2, -0.15) is 0 Å². The zero-order chi connectivity index (χ0) is 23.4. The first-order valence-electron chi connectivity index (χ1n) is 10.7. The van der Waals surface area contributed by atoms with Gasteiger partial charge in [0.15, 0.2) is 0 Å². The van der Waals surface area contributed by atoms with Crippen LogP contribution in [0.3, 0.4) is 0 Å². The van der Waals surface area contributed by atoms with Crippen LogP contribution in [0.1, 0.15) is 29.5 Å². The Morgan fingerprint density at radius 2 is 1.48 bits per heavy atom. The number of nitrogens with one attached hydrogen (secondary N) is 2. The fourth-order valence-corrected chi connectivity index (χ4v) is 4.08. The molecule has 0 aliphatic heterocycles. The van der Waals surface area contributed by atoms with E-state index in [2.05, 4.69) is 22.8 Å². The van der Waals surface area contributed by atoms with Gasteiger partial charge in [0, 0.05) is 11.6 Å². The summed E-state index contributed by atoms with van der Waals surface area (Å²) in [6, 6.07) is 21.9. The van der Waals surface area contributed by atoms with Gasteiger partial charge in [-0.05, 0) is 40.8 Å². The summed E-state index contributed by atoms with van der Waals surface area (Å²) < 4.78 is 5.48. The summed E-state index contributed by atoms with van der Waals surface area (Å²) in [5.41, 5.74) is 5.35. The van der Waals surface area contributed by atoms with E-state index < -0.39 is 24.0 Å². The van der Waals surface area contributed by atoms with Crippen molar-refractivity contribution >= 4 is 23.7 Å². The maximum absolute atomic E-state index is 12.5. The summed E-state index contributed by atoms with van der Waals surface area (Å²) >= 11 is 0. The average Bonchev–Trinajstić information content (AvgIpc) is 3.12. The molecule has 168 valence electrons. The Bertz CT molecular complexity index is 1160. The first-order valence-corrected chi connectivity index (χ1v) is 10.7. The minimum atomic E-state index is -0.999. The van der Waals surface area contributed by atoms with Crippen LogP contribution in [-0.2, 0) is 20.7 Å². The van der Waals surface area contributed by atoms with E-state index in [1.807, 2.05) is 36.4 Å². The van der Waals surface area contributed by atoms with Crippen LogP contribution in [0.15, 0.2) is 72.8 Å². The van der Waals surface area contributed by atoms with Crippen LogP contribution in [0.5, 0.6) is 0 Å². The number of anilines is 1. The summed E-state index contributed by atoms with van der Waals surface area (Å²) in [6.45, 7) is 1.69. The highest BCUT2D eigenvalue weighted by molar-refractivity contribution is 5.97. The van der Waals surface area contributed by atoms with Gasteiger partial charge in [-0.25, -0.2) is 4.79 Å². The van der Waals surface area contributed by atoms with Crippen LogP contribution in [0.25, 0.3) is 11.1 Å². The summed E-state index contributed by atoms with van der Waals surface area (Å²) in [7, 11) is 0. The van der Waals surface area contributed by atoms with Crippen molar-refractivity contribution in [2.24, 2.45) is 0 Å². The highest BCUT2D eigenvalue weighted by Gasteiger charge is 2.29. The monoisotopic (exact) mass is 444 g/mol. The lowest BCUT2D eigenvalue weighted by Crippen LogP contribution is -2.42. The van der Waals surface area contributed by atoms with Crippen molar-refractivity contribution in [1.82, 2.24) is 5.32 Å². The summed E-state index contributed by atoms with van der Waals surface area (Å²) in [4.78, 5) is 36.0. The maximum atomic E-state index is 12.5. The molecule has 3 aromatic rings. The lowest BCUT2D eigenvalue weighted by molar-refractivity contribution is -0.136. The molecule has 1 atom stereocenters. The Balaban J connectivity index is 1.36. The third-order valence-electron chi connectivity index (χ3n) is 5.69. The SMILES string of the molecule is C[C@H](NC(=O)OCC1c2ccccc2-c2ccccc21)C(=O)Nc1ccccc1CC(=O)O. The molecule has 2 amide bonds. The van der Waals surface area contributed by atoms with E-state index in [1.165, 1.54) is 6.92 Å². The molecule has 7 nitrogen and oxygen atoms in total. The largest absolute Gasteiger partial charge is 0.481 e. The zero-order valence-electron chi connectivity index (χ0n) is 18.1. The van der Waals surface area contributed by atoms with Crippen molar-refractivity contribution in [2.75, 3.05) is 11.9 Å². The number of fused-ring (bicyclic) bond motifs is 3. The number of alkyl carbamates (subject to hydrolysis) is 1. The quantitative estimate of drug-likeness (QED) is 0.507. The van der Waals surface area contributed by atoms with E-state index in [4.69, 9.17) is 9.84 Å². The van der Waals surface area contributed by atoms with Gasteiger partial charge in [-0.15, -0.1) is 0 Å². The average molecular weight is 444 g/mol. The minimum absolute atomic E-state index is 0.0739. The van der Waals surface area contributed by atoms with E-state index >= 15 is 0 Å². The Hall–Kier alpha value is -4.13. The van der Waals surface area contributed by atoms with Gasteiger partial charge in [0.2, 0.25) is 5.91 Å². The molecule has 0 aromatic heterocycles. The summed E-state index contributed by atoms with van der Waals surface area (Å²) in [5.74, 6) is -1.54. The first-order chi connectivity index (χ1) is 15.9. The Morgan fingerprint density at radius 3 is 2.12 bits per heavy atom. The first kappa shape index (κ1) is 22.1. The Morgan fingerprint density at radius 1 is 0.909 bits per heavy atom. The second-order valence-corrected chi connectivity index (χ2v) is 7.91. The number of ether oxygens (including phenoxy) is 1. The predicted molar refractivity (Wildman–Crippen MR) is 124 cm³/mol. The van der Waals surface area contributed by atoms with E-state index in [0.717, 1.165) is 22.3 Å². The van der Waals surface area contributed by atoms with Crippen molar-refractivity contribution in [3.8, 4) is 11.1 Å². The molecular weight excluding hydrogens is 420 g/mol. The Kier molecular flexibility index (Phi) is 6.40. The molecule has 0 saturated heterocycles. The lowest BCUT2D eigenvalue weighted by atomic mass is 9.98. The van der Waals surface area contributed by atoms with Crippen molar-refractivity contribution in [1.29, 1.82) is 0 Å². The van der Waals surface area contributed by atoms with Crippen LogP contribution in [0.2, 0.25) is 0 Å². The number of amides is 2. The molecule has 0 spiro atoms. The normalized spacial score (nSPS) is 12.9. The molecular formula is C26H24N2O5. The van der Waals surface area contributed by atoms with Gasteiger partial charge in [-0.1, -0.05) is 66.7 Å². The second kappa shape index (κ2) is 9.56. The van der Waals surface area contributed by atoms with Gasteiger partial charge in [0.05, 0.1) is 6.42 Å². The van der Waals surface area contributed by atoms with Gasteiger partial charge in [0.1, 0.15) is 12.6 Å². The van der Waals surface area contributed by atoms with E-state index in [0.29, 0.717) is 11.3 Å². The highest BCUT2D eigenvalue weighted by atomic mass is 16.5. The third kappa shape index (κ3) is 4.87. The van der Waals surface area contributed by atoms with Crippen molar-refractivity contribution < 1.29 is 24.2 Å². The van der Waals surface area contributed by atoms with Crippen LogP contribution in [0.4, 0.5) is 10.5 Å². The number of hydrogen-bond donors (Lipinski definition) is 3. The molecule has 3 N–H and O–H groups in total. The van der Waals surface area contributed by atoms with Crippen LogP contribution in [-0.4, -0.2) is 35.7 Å². The van der Waals surface area contributed by atoms with Gasteiger partial charge in [-0.3, -0.25) is 9.59 Å². The van der Waals surface area contributed by atoms with Gasteiger partial charge < -0.3 is 20.5 Å². The Labute approximate surface area is 191 Å². The number of hydrogen-bond acceptors (Lipinski definition) is 4. The standard InChI is InChI=1S/C26H24N2O5/c1-16(25(31)28-23-13-7-2-8-17(23)14-24(29)30)27-26(32)33-15-22-20-11-5-3-9-18(20)19-10-4-6-12-21(19)22/h2-13,16,22H,14-15H2,1H3,(H,27,32)(H,28,31)(H,29,30)/t16-/m0/s1. The van der Waals surface area contributed by atoms with Crippen molar-refractivity contribution in [3.63, 3.8) is 0 Å². The number of para-hydroxylation sites is 1. The number of carbonyl (C=O) groups excluding carboxylic acids is 2. The molecule has 0 fully saturated rings. The lowest BCUT2D eigenvalue weighted by Gasteiger charge is -2.18. The molecule has 3 aromatic carbocycles. The number of rotatable bonds is 7. The van der Waals surface area contributed by atoms with E-state index in [1.54, 1.807) is 24.3 Å². The number of aliphatic carboxylic acids is 1. The fraction of sp³-hybridized carbons (Fsp3) is 0.192. The maximum Gasteiger partial charge on any atom is 0.407 e. The van der Waals surface area contributed by atoms with Gasteiger partial charge in [0.25, 0.3) is 0 Å². The van der Waals surface area contributed by atoms with Crippen LogP contribution >= 0.6 is 0 Å². The van der Waals surface area contributed by atoms with Crippen LogP contribution < -0.4 is 10.6 Å². The number of carbonyl (C=O) groups is 3. The van der Waals surface area contributed by atoms with Gasteiger partial charge >= 0.3 is 12.1 Å². The molecule has 4 rings (SSSR count). The highest BCUT2D eigenvalue weighted by Crippen LogP contribution is 2.44. The summed E-state index contributed by atoms with van der Waals surface area (Å²) in [6.07, 6.45) is -0.914. The molecule has 0 radical (unpaired) electrons. The molecule has 0 heterocycles. The molecule has 1 aliphatic rings. The smallest absolute Gasteiger partial charge is 0.407 e. The number of carboxylic acid groups (broad SMARTS) is 1. The minimum Gasteiger partial charge on any atom is -0.481 e. The van der Waals surface area contributed by atoms with Crippen molar-refractivity contribution in [3.05, 3.63) is 89.5 Å². The van der Waals surface area contributed by atoms with Crippen LogP contribution in [0, 0.1) is 0 Å². The molecule has 0 saturated carbocycles. The molecule has 33 heavy (non-hydrogen) atoms. The second-order valence-electron chi connectivity index (χ2n) is 7.91. The molecule has 7 heteroatoms. The van der Waals surface area contributed by atoms with Crippen molar-refractivity contribution in [2.45, 2.75) is 25.3 Å². The summed E-state index contributed by atoms with van der Waals surface area (Å²) in [5, 5.41) is 14.3. The zero-order valence-corrected chi connectivity index (χ0v) is 18.1. The fourth-order valence-electron chi connectivity index (χ4n) is 4.08. The molecule has 1 aliphatic carbocycles. The van der Waals surface area contributed by atoms with E-state index in [-0.39, 0.29) is 18.9 Å². The number of benzene rings is 3.